The summed E-state index contributed by atoms with van der Waals surface area (Å²) in [6, 6.07) is 0. The van der Waals surface area contributed by atoms with Crippen LogP contribution in [0.25, 0.3) is 0 Å². The zero-order valence-electron chi connectivity index (χ0n) is 37.6. The molecule has 0 heteroatoms. The molecule has 0 aromatic heterocycles. The Hall–Kier alpha value is -3.12. The third-order valence-corrected chi connectivity index (χ3v) is 12.5. The van der Waals surface area contributed by atoms with Crippen molar-refractivity contribution in [2.75, 3.05) is 0 Å². The minimum absolute atomic E-state index is 0.283. The van der Waals surface area contributed by atoms with Crippen molar-refractivity contribution >= 4 is 0 Å². The topological polar surface area (TPSA) is 0 Å². The summed E-state index contributed by atoms with van der Waals surface area (Å²) in [5, 5.41) is 0. The van der Waals surface area contributed by atoms with Crippen molar-refractivity contribution in [2.45, 2.75) is 167 Å². The first-order valence-corrected chi connectivity index (χ1v) is 21.6. The lowest BCUT2D eigenvalue weighted by Gasteiger charge is -2.33. The van der Waals surface area contributed by atoms with Gasteiger partial charge in [0.1, 0.15) is 0 Å². The lowest BCUT2D eigenvalue weighted by molar-refractivity contribution is 0.307. The molecule has 0 N–H and O–H groups in total. The molecule has 0 bridgehead atoms. The minimum atomic E-state index is 0.283. The van der Waals surface area contributed by atoms with Crippen LogP contribution in [0.1, 0.15) is 167 Å². The fourth-order valence-corrected chi connectivity index (χ4v) is 8.69. The van der Waals surface area contributed by atoms with Gasteiger partial charge in [0.15, 0.2) is 0 Å². The maximum absolute atomic E-state index is 4.53. The van der Waals surface area contributed by atoms with Gasteiger partial charge in [0.2, 0.25) is 0 Å². The van der Waals surface area contributed by atoms with Crippen LogP contribution in [0.4, 0.5) is 0 Å². The van der Waals surface area contributed by atoms with Crippen molar-refractivity contribution in [3.8, 4) is 0 Å². The van der Waals surface area contributed by atoms with E-state index in [9.17, 15) is 0 Å². The highest BCUT2D eigenvalue weighted by molar-refractivity contribution is 5.39. The number of allylic oxidation sites excluding steroid dienone is 22. The van der Waals surface area contributed by atoms with E-state index in [1.165, 1.54) is 109 Å². The molecular weight excluding hydrogens is 649 g/mol. The molecule has 2 aliphatic rings. The molecule has 0 aliphatic heterocycles. The molecule has 2 aliphatic carbocycles. The molecule has 2 rings (SSSR count). The lowest BCUT2D eigenvalue weighted by Crippen LogP contribution is -2.20. The van der Waals surface area contributed by atoms with Crippen LogP contribution < -0.4 is 0 Å². The zero-order chi connectivity index (χ0) is 40.5. The minimum Gasteiger partial charge on any atom is -0.0996 e. The largest absolute Gasteiger partial charge is 0.0996 e. The lowest BCUT2D eigenvalue weighted by atomic mass is 9.72. The monoisotopic (exact) mass is 731 g/mol. The van der Waals surface area contributed by atoms with E-state index in [-0.39, 0.29) is 10.8 Å². The Kier molecular flexibility index (Phi) is 20.1. The Morgan fingerprint density at radius 3 is 1.67 bits per heavy atom. The van der Waals surface area contributed by atoms with Crippen LogP contribution in [0.2, 0.25) is 0 Å². The predicted molar refractivity (Wildman–Crippen MR) is 246 cm³/mol. The van der Waals surface area contributed by atoms with E-state index < -0.39 is 0 Å². The quantitative estimate of drug-likeness (QED) is 0.0665. The van der Waals surface area contributed by atoms with E-state index in [1.807, 2.05) is 0 Å². The Balaban J connectivity index is 1.85. The van der Waals surface area contributed by atoms with Crippen molar-refractivity contribution in [3.63, 3.8) is 0 Å². The van der Waals surface area contributed by atoms with Crippen molar-refractivity contribution in [1.29, 1.82) is 0 Å². The van der Waals surface area contributed by atoms with Gasteiger partial charge in [-0.15, -0.1) is 0 Å². The number of rotatable bonds is 20. The molecule has 0 saturated carbocycles. The van der Waals surface area contributed by atoms with Crippen LogP contribution in [0.5, 0.6) is 0 Å². The number of hydrogen-bond acceptors (Lipinski definition) is 0. The van der Waals surface area contributed by atoms with Crippen LogP contribution in [-0.4, -0.2) is 0 Å². The van der Waals surface area contributed by atoms with Crippen LogP contribution >= 0.6 is 0 Å². The Morgan fingerprint density at radius 1 is 0.685 bits per heavy atom. The highest BCUT2D eigenvalue weighted by Gasteiger charge is 2.27. The highest BCUT2D eigenvalue weighted by atomic mass is 14.3. The molecule has 298 valence electrons. The molecule has 0 spiro atoms. The Morgan fingerprint density at radius 2 is 1.19 bits per heavy atom. The molecule has 0 nitrogen and oxygen atoms in total. The average molecular weight is 731 g/mol. The second-order valence-corrected chi connectivity index (χ2v) is 18.5. The van der Waals surface area contributed by atoms with Gasteiger partial charge in [0.05, 0.1) is 0 Å². The summed E-state index contributed by atoms with van der Waals surface area (Å²) in [4.78, 5) is 0. The molecule has 3 unspecified atom stereocenters. The summed E-state index contributed by atoms with van der Waals surface area (Å²) in [6.45, 7) is 39.0. The van der Waals surface area contributed by atoms with E-state index in [0.29, 0.717) is 17.8 Å². The maximum Gasteiger partial charge on any atom is -0.0104 e. The van der Waals surface area contributed by atoms with Gasteiger partial charge in [0, 0.05) is 0 Å². The molecule has 0 radical (unpaired) electrons. The van der Waals surface area contributed by atoms with Gasteiger partial charge in [0.25, 0.3) is 0 Å². The zero-order valence-corrected chi connectivity index (χ0v) is 37.6. The van der Waals surface area contributed by atoms with Gasteiger partial charge in [-0.2, -0.15) is 0 Å². The molecular formula is C54H82. The van der Waals surface area contributed by atoms with Gasteiger partial charge in [-0.25, -0.2) is 0 Å². The highest BCUT2D eigenvalue weighted by Crippen LogP contribution is 2.42. The smallest absolute Gasteiger partial charge is 0.0104 e. The molecule has 3 atom stereocenters. The second kappa shape index (κ2) is 23.1. The first kappa shape index (κ1) is 47.0. The van der Waals surface area contributed by atoms with Crippen LogP contribution in [0, 0.1) is 28.6 Å². The van der Waals surface area contributed by atoms with E-state index in [4.69, 9.17) is 0 Å². The van der Waals surface area contributed by atoms with Crippen LogP contribution in [-0.2, 0) is 0 Å². The molecule has 0 fully saturated rings. The van der Waals surface area contributed by atoms with Crippen molar-refractivity contribution in [3.05, 3.63) is 142 Å². The summed E-state index contributed by atoms with van der Waals surface area (Å²) < 4.78 is 0. The van der Waals surface area contributed by atoms with Crippen molar-refractivity contribution < 1.29 is 0 Å². The van der Waals surface area contributed by atoms with Crippen LogP contribution in [0.3, 0.4) is 0 Å². The Bertz CT molecular complexity index is 1570. The summed E-state index contributed by atoms with van der Waals surface area (Å²) in [7, 11) is 0. The van der Waals surface area contributed by atoms with Gasteiger partial charge in [-0.05, 0) is 145 Å². The van der Waals surface area contributed by atoms with Gasteiger partial charge in [-0.3, -0.25) is 0 Å². The first-order chi connectivity index (χ1) is 25.4. The maximum atomic E-state index is 4.53. The second-order valence-electron chi connectivity index (χ2n) is 18.5. The van der Waals surface area contributed by atoms with E-state index >= 15 is 0 Å². The molecule has 0 saturated heterocycles. The molecule has 0 aromatic carbocycles. The van der Waals surface area contributed by atoms with Crippen molar-refractivity contribution in [2.24, 2.45) is 28.6 Å². The van der Waals surface area contributed by atoms with E-state index in [1.54, 1.807) is 11.1 Å². The first-order valence-electron chi connectivity index (χ1n) is 21.6. The number of unbranched alkanes of at least 4 members (excludes halogenated alkanes) is 2. The third kappa shape index (κ3) is 16.3. The third-order valence-electron chi connectivity index (χ3n) is 12.5. The predicted octanol–water partition coefficient (Wildman–Crippen LogP) is 17.4. The summed E-state index contributed by atoms with van der Waals surface area (Å²) in [5.74, 6) is 1.62. The van der Waals surface area contributed by atoms with Gasteiger partial charge < -0.3 is 0 Å². The summed E-state index contributed by atoms with van der Waals surface area (Å²) >= 11 is 0. The van der Waals surface area contributed by atoms with Gasteiger partial charge >= 0.3 is 0 Å². The molecule has 54 heavy (non-hydrogen) atoms. The SMILES string of the molecule is C=C(/C=C(C)/C=C/C=C(C)/C=C/C1=C(C)CCCC1(C)C)CCCCCC(C(=C)CC)C(C)C(C)/C=C(C)/C=C/C=C(C)/C=C/C1=C(C)CCCC1(C)C. The Labute approximate surface area is 336 Å². The van der Waals surface area contributed by atoms with Crippen LogP contribution in [0.15, 0.2) is 142 Å². The fourth-order valence-electron chi connectivity index (χ4n) is 8.69. The molecule has 0 aromatic rings. The molecule has 0 amide bonds. The van der Waals surface area contributed by atoms with E-state index in [2.05, 4.69) is 176 Å². The number of hydrogen-bond donors (Lipinski definition) is 0. The summed E-state index contributed by atoms with van der Waals surface area (Å²) in [5.41, 5.74) is 14.5. The summed E-state index contributed by atoms with van der Waals surface area (Å²) in [6.07, 6.45) is 42.0. The van der Waals surface area contributed by atoms with Gasteiger partial charge in [-0.1, -0.05) is 192 Å². The molecule has 0 heterocycles. The fraction of sp³-hybridized carbons (Fsp3) is 0.556. The van der Waals surface area contributed by atoms with E-state index in [0.717, 1.165) is 12.8 Å². The average Bonchev–Trinajstić information content (AvgIpc) is 3.08. The standard InChI is InChI=1S/C54H82/c1-16-45(7)50(49(11)48(10)39-44(6)28-21-26-41(3)33-35-52-47(9)30-23-37-54(52,14)15)31-19-17-18-24-42(4)38-43(5)27-20-25-40(2)32-34-51-46(8)29-22-36-53(51,12)13/h20-21,25-28,32-35,38-39,48-50H,4,7,16-19,22-24,29-31,36-37H2,1-3,5-6,8-15H3/b27-20+,28-21+,34-32+,35-33+,40-25+,41-26+,43-38+,44-39+. The normalized spacial score (nSPS) is 20.9. The van der Waals surface area contributed by atoms with Crippen molar-refractivity contribution in [1.82, 2.24) is 0 Å².